The Kier molecular flexibility index (Phi) is 3.95. The summed E-state index contributed by atoms with van der Waals surface area (Å²) in [4.78, 5) is 0. The van der Waals surface area contributed by atoms with Crippen LogP contribution >= 0.6 is 0 Å². The molecule has 0 fully saturated rings. The summed E-state index contributed by atoms with van der Waals surface area (Å²) in [6.07, 6.45) is 0. The van der Waals surface area contributed by atoms with E-state index in [-0.39, 0.29) is 6.61 Å². The summed E-state index contributed by atoms with van der Waals surface area (Å²) < 4.78 is 5.61. The minimum atomic E-state index is 0.00800. The van der Waals surface area contributed by atoms with Gasteiger partial charge in [0.25, 0.3) is 0 Å². The molecule has 0 aliphatic heterocycles. The first kappa shape index (κ1) is 12.2. The van der Waals surface area contributed by atoms with Gasteiger partial charge >= 0.3 is 0 Å². The first-order chi connectivity index (χ1) is 8.81. The van der Waals surface area contributed by atoms with Crippen LogP contribution in [-0.2, 0) is 13.2 Å². The third-order valence-electron chi connectivity index (χ3n) is 2.57. The van der Waals surface area contributed by atoms with Crippen molar-refractivity contribution in [2.45, 2.75) is 13.2 Å². The summed E-state index contributed by atoms with van der Waals surface area (Å²) >= 11 is 0. The topological polar surface area (TPSA) is 53.2 Å². The second kappa shape index (κ2) is 5.85. The van der Waals surface area contributed by atoms with E-state index in [4.69, 9.17) is 15.1 Å². The zero-order chi connectivity index (χ0) is 12.8. The Morgan fingerprint density at radius 3 is 2.50 bits per heavy atom. The highest BCUT2D eigenvalue weighted by molar-refractivity contribution is 5.32. The molecule has 0 amide bonds. The molecule has 0 heterocycles. The second-order valence-electron chi connectivity index (χ2n) is 3.90. The fourth-order valence-electron chi connectivity index (χ4n) is 1.58. The van der Waals surface area contributed by atoms with Crippen LogP contribution in [0.1, 0.15) is 16.7 Å². The molecule has 0 spiro atoms. The number of ether oxygens (including phenoxy) is 1. The van der Waals surface area contributed by atoms with E-state index in [0.29, 0.717) is 12.2 Å². The highest BCUT2D eigenvalue weighted by Crippen LogP contribution is 2.15. The van der Waals surface area contributed by atoms with Crippen molar-refractivity contribution in [2.24, 2.45) is 0 Å². The maximum absolute atomic E-state index is 9.02. The van der Waals surface area contributed by atoms with Gasteiger partial charge in [-0.2, -0.15) is 5.26 Å². The summed E-state index contributed by atoms with van der Waals surface area (Å²) in [6.45, 7) is 0.453. The molecule has 0 bridgehead atoms. The average Bonchev–Trinajstić information content (AvgIpc) is 2.46. The molecule has 90 valence electrons. The minimum Gasteiger partial charge on any atom is -0.489 e. The van der Waals surface area contributed by atoms with Gasteiger partial charge in [0.05, 0.1) is 18.2 Å². The molecule has 2 rings (SSSR count). The van der Waals surface area contributed by atoms with E-state index in [1.807, 2.05) is 36.4 Å². The molecule has 3 nitrogen and oxygen atoms in total. The normalized spacial score (nSPS) is 9.78. The molecule has 0 atom stereocenters. The van der Waals surface area contributed by atoms with Crippen LogP contribution in [0.5, 0.6) is 5.75 Å². The first-order valence-corrected chi connectivity index (χ1v) is 5.63. The van der Waals surface area contributed by atoms with Crippen molar-refractivity contribution in [3.8, 4) is 11.8 Å². The predicted molar refractivity (Wildman–Crippen MR) is 67.9 cm³/mol. The fraction of sp³-hybridized carbons (Fsp3) is 0.133. The molecule has 0 saturated heterocycles. The van der Waals surface area contributed by atoms with Gasteiger partial charge in [0, 0.05) is 0 Å². The molecule has 3 heteroatoms. The maximum Gasteiger partial charge on any atom is 0.120 e. The summed E-state index contributed by atoms with van der Waals surface area (Å²) in [7, 11) is 0. The summed E-state index contributed by atoms with van der Waals surface area (Å²) in [5, 5.41) is 17.7. The van der Waals surface area contributed by atoms with E-state index >= 15 is 0 Å². The highest BCUT2D eigenvalue weighted by Gasteiger charge is 1.98. The smallest absolute Gasteiger partial charge is 0.120 e. The van der Waals surface area contributed by atoms with Crippen LogP contribution in [0, 0.1) is 11.3 Å². The lowest BCUT2D eigenvalue weighted by atomic mass is 10.1. The lowest BCUT2D eigenvalue weighted by molar-refractivity contribution is 0.278. The van der Waals surface area contributed by atoms with E-state index in [1.54, 1.807) is 12.1 Å². The summed E-state index contributed by atoms with van der Waals surface area (Å²) in [6, 6.07) is 16.7. The van der Waals surface area contributed by atoms with Gasteiger partial charge in [-0.15, -0.1) is 0 Å². The molecule has 0 aromatic heterocycles. The average molecular weight is 239 g/mol. The zero-order valence-corrected chi connectivity index (χ0v) is 9.84. The van der Waals surface area contributed by atoms with Gasteiger partial charge in [0.1, 0.15) is 12.4 Å². The van der Waals surface area contributed by atoms with Crippen molar-refractivity contribution in [1.82, 2.24) is 0 Å². The number of benzene rings is 2. The Labute approximate surface area is 106 Å². The number of rotatable bonds is 4. The SMILES string of the molecule is N#Cc1ccc(COc2cccc(CO)c2)cc1. The van der Waals surface area contributed by atoms with E-state index in [9.17, 15) is 0 Å². The Hall–Kier alpha value is -2.31. The third kappa shape index (κ3) is 3.09. The molecule has 0 radical (unpaired) electrons. The fourth-order valence-corrected chi connectivity index (χ4v) is 1.58. The van der Waals surface area contributed by atoms with Crippen molar-refractivity contribution < 1.29 is 9.84 Å². The highest BCUT2D eigenvalue weighted by atomic mass is 16.5. The maximum atomic E-state index is 9.02. The first-order valence-electron chi connectivity index (χ1n) is 5.63. The Balaban J connectivity index is 2.00. The molecule has 2 aromatic rings. The van der Waals surface area contributed by atoms with E-state index < -0.39 is 0 Å². The molecular formula is C15H13NO2. The van der Waals surface area contributed by atoms with Crippen molar-refractivity contribution in [1.29, 1.82) is 5.26 Å². The minimum absolute atomic E-state index is 0.00800. The van der Waals surface area contributed by atoms with Crippen LogP contribution < -0.4 is 4.74 Å². The van der Waals surface area contributed by atoms with Crippen molar-refractivity contribution in [3.05, 3.63) is 65.2 Å². The Morgan fingerprint density at radius 2 is 1.83 bits per heavy atom. The van der Waals surface area contributed by atoms with Crippen LogP contribution in [0.25, 0.3) is 0 Å². The molecule has 1 N–H and O–H groups in total. The molecule has 0 aliphatic rings. The molecular weight excluding hydrogens is 226 g/mol. The number of hydrogen-bond donors (Lipinski definition) is 1. The van der Waals surface area contributed by atoms with Crippen molar-refractivity contribution in [3.63, 3.8) is 0 Å². The van der Waals surface area contributed by atoms with Crippen LogP contribution in [0.4, 0.5) is 0 Å². The van der Waals surface area contributed by atoms with E-state index in [1.165, 1.54) is 0 Å². The summed E-state index contributed by atoms with van der Waals surface area (Å²) in [5.41, 5.74) is 2.47. The van der Waals surface area contributed by atoms with Gasteiger partial charge in [0.2, 0.25) is 0 Å². The van der Waals surface area contributed by atoms with Gasteiger partial charge in [-0.05, 0) is 35.4 Å². The molecule has 0 unspecified atom stereocenters. The Morgan fingerprint density at radius 1 is 1.06 bits per heavy atom. The number of nitriles is 1. The van der Waals surface area contributed by atoms with Crippen LogP contribution in [0.3, 0.4) is 0 Å². The lowest BCUT2D eigenvalue weighted by Gasteiger charge is -2.07. The number of aliphatic hydroxyl groups excluding tert-OH is 1. The van der Waals surface area contributed by atoms with E-state index in [2.05, 4.69) is 6.07 Å². The van der Waals surface area contributed by atoms with Crippen LogP contribution in [-0.4, -0.2) is 5.11 Å². The predicted octanol–water partition coefficient (Wildman–Crippen LogP) is 2.63. The van der Waals surface area contributed by atoms with Gasteiger partial charge in [-0.25, -0.2) is 0 Å². The lowest BCUT2D eigenvalue weighted by Crippen LogP contribution is -1.96. The van der Waals surface area contributed by atoms with Gasteiger partial charge in [-0.3, -0.25) is 0 Å². The van der Waals surface area contributed by atoms with Gasteiger partial charge in [-0.1, -0.05) is 24.3 Å². The van der Waals surface area contributed by atoms with Crippen LogP contribution in [0.15, 0.2) is 48.5 Å². The molecule has 0 aliphatic carbocycles. The third-order valence-corrected chi connectivity index (χ3v) is 2.57. The number of aliphatic hydroxyl groups is 1. The largest absolute Gasteiger partial charge is 0.489 e. The van der Waals surface area contributed by atoms with E-state index in [0.717, 1.165) is 16.9 Å². The number of nitrogens with zero attached hydrogens (tertiary/aromatic N) is 1. The second-order valence-corrected chi connectivity index (χ2v) is 3.90. The number of hydrogen-bond acceptors (Lipinski definition) is 3. The molecule has 2 aromatic carbocycles. The van der Waals surface area contributed by atoms with Crippen LogP contribution in [0.2, 0.25) is 0 Å². The van der Waals surface area contributed by atoms with Crippen molar-refractivity contribution in [2.75, 3.05) is 0 Å². The molecule has 18 heavy (non-hydrogen) atoms. The van der Waals surface area contributed by atoms with Gasteiger partial charge in [0.15, 0.2) is 0 Å². The zero-order valence-electron chi connectivity index (χ0n) is 9.84. The monoisotopic (exact) mass is 239 g/mol. The summed E-state index contributed by atoms with van der Waals surface area (Å²) in [5.74, 6) is 0.728. The van der Waals surface area contributed by atoms with Crippen molar-refractivity contribution >= 4 is 0 Å². The molecule has 0 saturated carbocycles. The van der Waals surface area contributed by atoms with Gasteiger partial charge < -0.3 is 9.84 Å². The Bertz CT molecular complexity index is 555. The quantitative estimate of drug-likeness (QED) is 0.892. The standard InChI is InChI=1S/C15H13NO2/c16-9-12-4-6-13(7-5-12)11-18-15-3-1-2-14(8-15)10-17/h1-8,17H,10-11H2.